The Labute approximate surface area is 209 Å². The van der Waals surface area contributed by atoms with E-state index in [9.17, 15) is 9.59 Å². The molecule has 0 bridgehead atoms. The van der Waals surface area contributed by atoms with Gasteiger partial charge in [-0.05, 0) is 41.8 Å². The van der Waals surface area contributed by atoms with Crippen molar-refractivity contribution < 1.29 is 14.3 Å². The van der Waals surface area contributed by atoms with Gasteiger partial charge in [-0.2, -0.15) is 5.10 Å². The molecule has 0 radical (unpaired) electrons. The summed E-state index contributed by atoms with van der Waals surface area (Å²) in [5, 5.41) is 7.06. The van der Waals surface area contributed by atoms with E-state index in [1.165, 1.54) is 11.9 Å². The molecule has 36 heavy (non-hydrogen) atoms. The molecule has 1 unspecified atom stereocenters. The Bertz CT molecular complexity index is 1530. The van der Waals surface area contributed by atoms with E-state index in [-0.39, 0.29) is 11.5 Å². The van der Waals surface area contributed by atoms with Crippen LogP contribution < -0.4 is 15.0 Å². The fourth-order valence-corrected chi connectivity index (χ4v) is 4.83. The number of hydrogen-bond acceptors (Lipinski definition) is 5. The van der Waals surface area contributed by atoms with Crippen molar-refractivity contribution in [1.29, 1.82) is 0 Å². The van der Waals surface area contributed by atoms with Crippen molar-refractivity contribution in [3.63, 3.8) is 0 Å². The number of hydrazone groups is 1. The number of carbonyl (C=O) groups excluding carboxylic acids is 1. The molecule has 0 saturated heterocycles. The van der Waals surface area contributed by atoms with Crippen LogP contribution in [0.4, 0.5) is 0 Å². The number of aryl methyl sites for hydroxylation is 1. The van der Waals surface area contributed by atoms with Gasteiger partial charge in [0.05, 0.1) is 31.5 Å². The Kier molecular flexibility index (Phi) is 6.06. The van der Waals surface area contributed by atoms with Crippen LogP contribution in [0.2, 0.25) is 0 Å². The van der Waals surface area contributed by atoms with Crippen molar-refractivity contribution >= 4 is 22.5 Å². The fourth-order valence-electron chi connectivity index (χ4n) is 4.83. The van der Waals surface area contributed by atoms with Gasteiger partial charge in [-0.3, -0.25) is 9.59 Å². The smallest absolute Gasteiger partial charge is 0.258 e. The Morgan fingerprint density at radius 3 is 2.31 bits per heavy atom. The van der Waals surface area contributed by atoms with Gasteiger partial charge in [0.2, 0.25) is 5.91 Å². The van der Waals surface area contributed by atoms with Crippen molar-refractivity contribution in [3.8, 4) is 22.6 Å². The van der Waals surface area contributed by atoms with Crippen LogP contribution >= 0.6 is 0 Å². The zero-order valence-corrected chi connectivity index (χ0v) is 20.7. The predicted molar refractivity (Wildman–Crippen MR) is 141 cm³/mol. The van der Waals surface area contributed by atoms with Gasteiger partial charge in [0.25, 0.3) is 5.56 Å². The van der Waals surface area contributed by atoms with Gasteiger partial charge in [-0.1, -0.05) is 42.5 Å². The van der Waals surface area contributed by atoms with Gasteiger partial charge in [0, 0.05) is 35.9 Å². The van der Waals surface area contributed by atoms with Crippen LogP contribution in [0.5, 0.6) is 11.5 Å². The topological polar surface area (TPSA) is 84.0 Å². The van der Waals surface area contributed by atoms with Gasteiger partial charge in [0.15, 0.2) is 0 Å². The summed E-state index contributed by atoms with van der Waals surface area (Å²) in [6, 6.07) is 20.9. The molecular formula is C29H27N3O4. The molecule has 7 nitrogen and oxygen atoms in total. The average molecular weight is 482 g/mol. The normalized spacial score (nSPS) is 15.2. The molecule has 0 aliphatic carbocycles. The molecule has 1 amide bonds. The molecule has 1 aliphatic rings. The fraction of sp³-hybridized carbons (Fsp3) is 0.207. The Morgan fingerprint density at radius 2 is 1.67 bits per heavy atom. The number of nitrogens with zero attached hydrogens (tertiary/aromatic N) is 2. The largest absolute Gasteiger partial charge is 0.497 e. The number of aromatic nitrogens is 1. The highest BCUT2D eigenvalue weighted by Gasteiger charge is 2.34. The number of methoxy groups -OCH3 is 2. The number of nitrogens with one attached hydrogen (secondary N) is 1. The molecule has 0 fully saturated rings. The number of benzene rings is 3. The molecule has 4 aromatic rings. The van der Waals surface area contributed by atoms with Crippen molar-refractivity contribution in [2.75, 3.05) is 14.2 Å². The Balaban J connectivity index is 1.71. The lowest BCUT2D eigenvalue weighted by molar-refractivity contribution is -0.130. The standard InChI is InChI=1S/C29H27N3O4/c1-17-10-11-23-24(12-17)30-29(34)28(27(23)19-8-6-5-7-9-19)25-16-26(32(31-25)18(2)33)20-13-21(35-3)15-22(14-20)36-4/h5-15,26H,16H2,1-4H3,(H,30,34). The third-order valence-corrected chi connectivity index (χ3v) is 6.51. The second-order valence-electron chi connectivity index (χ2n) is 8.90. The summed E-state index contributed by atoms with van der Waals surface area (Å²) in [7, 11) is 3.17. The monoisotopic (exact) mass is 481 g/mol. The van der Waals surface area contributed by atoms with E-state index in [1.807, 2.05) is 67.6 Å². The first-order valence-electron chi connectivity index (χ1n) is 11.7. The van der Waals surface area contributed by atoms with E-state index >= 15 is 0 Å². The van der Waals surface area contributed by atoms with Crippen LogP contribution in [-0.2, 0) is 4.79 Å². The van der Waals surface area contributed by atoms with E-state index in [2.05, 4.69) is 4.98 Å². The number of pyridine rings is 1. The van der Waals surface area contributed by atoms with E-state index in [4.69, 9.17) is 14.6 Å². The summed E-state index contributed by atoms with van der Waals surface area (Å²) >= 11 is 0. The lowest BCUT2D eigenvalue weighted by Crippen LogP contribution is -2.24. The maximum absolute atomic E-state index is 13.6. The molecule has 1 atom stereocenters. The number of aromatic amines is 1. The van der Waals surface area contributed by atoms with E-state index < -0.39 is 6.04 Å². The second kappa shape index (κ2) is 9.34. The molecule has 182 valence electrons. The third kappa shape index (κ3) is 4.13. The Hall–Kier alpha value is -4.39. The van der Waals surface area contributed by atoms with E-state index in [0.29, 0.717) is 29.2 Å². The highest BCUT2D eigenvalue weighted by Crippen LogP contribution is 2.39. The molecule has 1 aromatic heterocycles. The van der Waals surface area contributed by atoms with Gasteiger partial charge in [-0.25, -0.2) is 5.01 Å². The van der Waals surface area contributed by atoms with Crippen LogP contribution in [0.15, 0.2) is 76.6 Å². The zero-order valence-electron chi connectivity index (χ0n) is 20.7. The van der Waals surface area contributed by atoms with Crippen LogP contribution in [0.25, 0.3) is 22.0 Å². The summed E-state index contributed by atoms with van der Waals surface area (Å²) in [4.78, 5) is 29.3. The van der Waals surface area contributed by atoms with Crippen LogP contribution in [-0.4, -0.2) is 35.8 Å². The quantitative estimate of drug-likeness (QED) is 0.424. The van der Waals surface area contributed by atoms with Crippen LogP contribution in [0, 0.1) is 6.92 Å². The predicted octanol–water partition coefficient (Wildman–Crippen LogP) is 5.22. The summed E-state index contributed by atoms with van der Waals surface area (Å²) in [5.41, 5.74) is 5.14. The number of hydrogen-bond donors (Lipinski definition) is 1. The minimum atomic E-state index is -0.404. The van der Waals surface area contributed by atoms with Gasteiger partial charge < -0.3 is 14.5 Å². The number of rotatable bonds is 5. The first-order valence-corrected chi connectivity index (χ1v) is 11.7. The first-order chi connectivity index (χ1) is 17.4. The molecule has 1 aliphatic heterocycles. The molecule has 0 spiro atoms. The maximum atomic E-state index is 13.6. The molecule has 5 rings (SSSR count). The summed E-state index contributed by atoms with van der Waals surface area (Å²) in [5.74, 6) is 1.02. The van der Waals surface area contributed by atoms with Crippen molar-refractivity contribution in [2.45, 2.75) is 26.3 Å². The molecule has 7 heteroatoms. The SMILES string of the molecule is COc1cc(OC)cc(C2CC(c3c(-c4ccccc4)c4ccc(C)cc4[nH]c3=O)=NN2C(C)=O)c1. The summed E-state index contributed by atoms with van der Waals surface area (Å²) < 4.78 is 10.9. The summed E-state index contributed by atoms with van der Waals surface area (Å²) in [6.07, 6.45) is 0.371. The van der Waals surface area contributed by atoms with Crippen LogP contribution in [0.3, 0.4) is 0 Å². The van der Waals surface area contributed by atoms with E-state index in [0.717, 1.165) is 33.2 Å². The molecular weight excluding hydrogens is 454 g/mol. The highest BCUT2D eigenvalue weighted by atomic mass is 16.5. The second-order valence-corrected chi connectivity index (χ2v) is 8.90. The van der Waals surface area contributed by atoms with Gasteiger partial charge in [-0.15, -0.1) is 0 Å². The average Bonchev–Trinajstić information content (AvgIpc) is 3.33. The van der Waals surface area contributed by atoms with Crippen molar-refractivity contribution in [1.82, 2.24) is 9.99 Å². The lowest BCUT2D eigenvalue weighted by Gasteiger charge is -2.21. The number of H-pyrrole nitrogens is 1. The highest BCUT2D eigenvalue weighted by molar-refractivity contribution is 6.12. The van der Waals surface area contributed by atoms with Gasteiger partial charge in [0.1, 0.15) is 11.5 Å². The first kappa shape index (κ1) is 23.4. The van der Waals surface area contributed by atoms with E-state index in [1.54, 1.807) is 20.3 Å². The number of fused-ring (bicyclic) bond motifs is 1. The summed E-state index contributed by atoms with van der Waals surface area (Å²) in [6.45, 7) is 3.47. The molecule has 2 heterocycles. The number of carbonyl (C=O) groups is 1. The number of amides is 1. The van der Waals surface area contributed by atoms with Gasteiger partial charge >= 0.3 is 0 Å². The zero-order chi connectivity index (χ0) is 25.4. The van der Waals surface area contributed by atoms with Crippen molar-refractivity contribution in [3.05, 3.63) is 93.8 Å². The molecule has 0 saturated carbocycles. The molecule has 1 N–H and O–H groups in total. The maximum Gasteiger partial charge on any atom is 0.258 e. The minimum Gasteiger partial charge on any atom is -0.497 e. The Morgan fingerprint density at radius 1 is 0.972 bits per heavy atom. The minimum absolute atomic E-state index is 0.217. The van der Waals surface area contributed by atoms with Crippen molar-refractivity contribution in [2.24, 2.45) is 5.10 Å². The lowest BCUT2D eigenvalue weighted by atomic mass is 9.90. The van der Waals surface area contributed by atoms with Crippen LogP contribution in [0.1, 0.15) is 36.1 Å². The number of ether oxygens (including phenoxy) is 2. The third-order valence-electron chi connectivity index (χ3n) is 6.51. The molecule has 3 aromatic carbocycles.